The topological polar surface area (TPSA) is 63.1 Å². The number of nitrogens with zero attached hydrogens (tertiary/aromatic N) is 1. The number of aryl methyl sites for hydroxylation is 1. The molecule has 1 aromatic heterocycles. The molecule has 2 N–H and O–H groups in total. The number of anilines is 1. The van der Waals surface area contributed by atoms with Crippen LogP contribution >= 0.6 is 0 Å². The van der Waals surface area contributed by atoms with E-state index < -0.39 is 0 Å². The average molecular weight is 468 g/mol. The summed E-state index contributed by atoms with van der Waals surface area (Å²) in [4.78, 5) is 25.7. The molecule has 1 heterocycles. The molecule has 35 heavy (non-hydrogen) atoms. The molecule has 0 fully saturated rings. The lowest BCUT2D eigenvalue weighted by atomic mass is 9.92. The van der Waals surface area contributed by atoms with E-state index in [0.29, 0.717) is 25.2 Å². The fourth-order valence-corrected chi connectivity index (χ4v) is 4.26. The molecule has 3 aromatic carbocycles. The molecule has 0 radical (unpaired) electrons. The Morgan fingerprint density at radius 2 is 1.60 bits per heavy atom. The van der Waals surface area contributed by atoms with Gasteiger partial charge in [-0.25, -0.2) is 0 Å². The molecule has 5 heteroatoms. The van der Waals surface area contributed by atoms with Gasteiger partial charge in [-0.15, -0.1) is 0 Å². The first kappa shape index (κ1) is 24.3. The van der Waals surface area contributed by atoms with Crippen LogP contribution < -0.4 is 10.6 Å². The van der Waals surface area contributed by atoms with Crippen molar-refractivity contribution >= 4 is 28.4 Å². The smallest absolute Gasteiger partial charge is 0.268 e. The molecule has 0 saturated heterocycles. The van der Waals surface area contributed by atoms with Gasteiger partial charge in [-0.1, -0.05) is 80.9 Å². The second kappa shape index (κ2) is 10.2. The van der Waals surface area contributed by atoms with Crippen LogP contribution in [0.5, 0.6) is 0 Å². The summed E-state index contributed by atoms with van der Waals surface area (Å²) < 4.78 is 2.05. The number of hydrogen-bond donors (Lipinski definition) is 2. The number of amides is 2. The second-order valence-corrected chi connectivity index (χ2v) is 10.3. The number of hydrogen-bond acceptors (Lipinski definition) is 2. The maximum Gasteiger partial charge on any atom is 0.268 e. The summed E-state index contributed by atoms with van der Waals surface area (Å²) in [5.41, 5.74) is 5.54. The summed E-state index contributed by atoms with van der Waals surface area (Å²) in [6, 6.07) is 25.9. The monoisotopic (exact) mass is 467 g/mol. The molecule has 0 aliphatic rings. The Bertz CT molecular complexity index is 1350. The van der Waals surface area contributed by atoms with Crippen LogP contribution in [-0.4, -0.2) is 16.4 Å². The normalized spacial score (nSPS) is 11.4. The number of carbonyl (C=O) groups excluding carboxylic acids is 2. The van der Waals surface area contributed by atoms with Gasteiger partial charge >= 0.3 is 0 Å². The Morgan fingerprint density at radius 3 is 2.31 bits per heavy atom. The fraction of sp³-hybridized carbons (Fsp3) is 0.267. The Morgan fingerprint density at radius 1 is 0.857 bits per heavy atom. The molecule has 0 unspecified atom stereocenters. The maximum atomic E-state index is 13.3. The number of aromatic nitrogens is 1. The van der Waals surface area contributed by atoms with Gasteiger partial charge < -0.3 is 15.2 Å². The molecule has 0 atom stereocenters. The summed E-state index contributed by atoms with van der Waals surface area (Å²) >= 11 is 0. The number of carbonyl (C=O) groups is 2. The molecule has 2 amide bonds. The third kappa shape index (κ3) is 6.38. The molecular formula is C30H33N3O2. The van der Waals surface area contributed by atoms with Crippen LogP contribution in [-0.2, 0) is 17.9 Å². The van der Waals surface area contributed by atoms with Crippen molar-refractivity contribution in [3.8, 4) is 0 Å². The average Bonchev–Trinajstić information content (AvgIpc) is 3.14. The van der Waals surface area contributed by atoms with Crippen molar-refractivity contribution < 1.29 is 9.59 Å². The van der Waals surface area contributed by atoms with Gasteiger partial charge in [0.05, 0.1) is 0 Å². The molecule has 4 rings (SSSR count). The van der Waals surface area contributed by atoms with Crippen LogP contribution in [0.15, 0.2) is 78.9 Å². The molecule has 0 aliphatic heterocycles. The largest absolute Gasteiger partial charge is 0.347 e. The van der Waals surface area contributed by atoms with Gasteiger partial charge in [0.2, 0.25) is 5.91 Å². The summed E-state index contributed by atoms with van der Waals surface area (Å²) in [7, 11) is 0. The quantitative estimate of drug-likeness (QED) is 0.335. The lowest BCUT2D eigenvalue weighted by molar-refractivity contribution is -0.117. The highest BCUT2D eigenvalue weighted by molar-refractivity contribution is 6.00. The number of nitrogens with one attached hydrogen (secondary N) is 2. The van der Waals surface area contributed by atoms with E-state index in [-0.39, 0.29) is 17.2 Å². The van der Waals surface area contributed by atoms with Gasteiger partial charge in [0.1, 0.15) is 5.69 Å². The Labute approximate surface area is 207 Å². The Kier molecular flexibility index (Phi) is 7.06. The van der Waals surface area contributed by atoms with E-state index in [4.69, 9.17) is 0 Å². The number of fused-ring (bicyclic) bond motifs is 1. The molecular weight excluding hydrogens is 434 g/mol. The highest BCUT2D eigenvalue weighted by Crippen LogP contribution is 2.26. The summed E-state index contributed by atoms with van der Waals surface area (Å²) in [6.07, 6.45) is 0.437. The van der Waals surface area contributed by atoms with E-state index in [1.54, 1.807) is 0 Å². The van der Waals surface area contributed by atoms with E-state index in [0.717, 1.165) is 27.7 Å². The summed E-state index contributed by atoms with van der Waals surface area (Å²) in [6.45, 7) is 9.23. The number of benzene rings is 3. The Hall–Kier alpha value is -3.86. The first-order chi connectivity index (χ1) is 16.7. The van der Waals surface area contributed by atoms with E-state index in [1.807, 2.05) is 86.0 Å². The fourth-order valence-electron chi connectivity index (χ4n) is 4.26. The lowest BCUT2D eigenvalue weighted by Crippen LogP contribution is -2.25. The molecule has 5 nitrogen and oxygen atoms in total. The van der Waals surface area contributed by atoms with Crippen LogP contribution in [0.3, 0.4) is 0 Å². The summed E-state index contributed by atoms with van der Waals surface area (Å²) in [5, 5.41) is 6.97. The predicted octanol–water partition coefficient (Wildman–Crippen LogP) is 6.30. The molecule has 0 aliphatic carbocycles. The zero-order valence-corrected chi connectivity index (χ0v) is 20.9. The van der Waals surface area contributed by atoms with Gasteiger partial charge in [-0.2, -0.15) is 0 Å². The van der Waals surface area contributed by atoms with Crippen molar-refractivity contribution in [3.63, 3.8) is 0 Å². The molecule has 0 saturated carbocycles. The van der Waals surface area contributed by atoms with E-state index in [9.17, 15) is 9.59 Å². The van der Waals surface area contributed by atoms with Crippen LogP contribution in [0.2, 0.25) is 0 Å². The molecule has 180 valence electrons. The van der Waals surface area contributed by atoms with Crippen LogP contribution in [0.1, 0.15) is 54.4 Å². The van der Waals surface area contributed by atoms with Gasteiger partial charge in [-0.05, 0) is 47.7 Å². The van der Waals surface area contributed by atoms with Gasteiger partial charge in [-0.3, -0.25) is 9.59 Å². The van der Waals surface area contributed by atoms with Crippen molar-refractivity contribution in [1.82, 2.24) is 9.88 Å². The van der Waals surface area contributed by atoms with E-state index in [2.05, 4.69) is 35.8 Å². The minimum absolute atomic E-state index is 0.0168. The Balaban J connectivity index is 1.65. The van der Waals surface area contributed by atoms with Crippen LogP contribution in [0, 0.1) is 12.3 Å². The SMILES string of the molecule is Cc1cccc(Cn2c(C(=O)NCc3ccccc3)cc3cc(NC(=O)CC(C)(C)C)ccc32)c1. The second-order valence-electron chi connectivity index (χ2n) is 10.3. The first-order valence-corrected chi connectivity index (χ1v) is 12.0. The van der Waals surface area contributed by atoms with Gasteiger partial charge in [0, 0.05) is 36.1 Å². The van der Waals surface area contributed by atoms with Crippen LogP contribution in [0.4, 0.5) is 5.69 Å². The molecule has 0 bridgehead atoms. The zero-order chi connectivity index (χ0) is 25.0. The third-order valence-electron chi connectivity index (χ3n) is 5.83. The standard InChI is InChI=1S/C30H33N3O2/c1-21-9-8-12-23(15-21)20-33-26-14-13-25(32-28(34)18-30(2,3)4)16-24(26)17-27(33)29(35)31-19-22-10-6-5-7-11-22/h5-17H,18-20H2,1-4H3,(H,31,35)(H,32,34). The highest BCUT2D eigenvalue weighted by Gasteiger charge is 2.18. The van der Waals surface area contributed by atoms with E-state index in [1.165, 1.54) is 5.56 Å². The van der Waals surface area contributed by atoms with Crippen molar-refractivity contribution in [2.24, 2.45) is 5.41 Å². The van der Waals surface area contributed by atoms with Crippen LogP contribution in [0.25, 0.3) is 10.9 Å². The number of rotatable bonds is 7. The first-order valence-electron chi connectivity index (χ1n) is 12.0. The summed E-state index contributed by atoms with van der Waals surface area (Å²) in [5.74, 6) is -0.145. The predicted molar refractivity (Wildman–Crippen MR) is 143 cm³/mol. The molecule has 4 aromatic rings. The van der Waals surface area contributed by atoms with Crippen molar-refractivity contribution in [3.05, 3.63) is 101 Å². The lowest BCUT2D eigenvalue weighted by Gasteiger charge is -2.17. The van der Waals surface area contributed by atoms with E-state index >= 15 is 0 Å². The maximum absolute atomic E-state index is 13.3. The minimum atomic E-state index is -0.129. The van der Waals surface area contributed by atoms with Crippen molar-refractivity contribution in [2.45, 2.75) is 47.2 Å². The van der Waals surface area contributed by atoms with Crippen molar-refractivity contribution in [1.29, 1.82) is 0 Å². The molecule has 0 spiro atoms. The zero-order valence-electron chi connectivity index (χ0n) is 20.9. The minimum Gasteiger partial charge on any atom is -0.347 e. The van der Waals surface area contributed by atoms with Gasteiger partial charge in [0.15, 0.2) is 0 Å². The highest BCUT2D eigenvalue weighted by atomic mass is 16.2. The van der Waals surface area contributed by atoms with Gasteiger partial charge in [0.25, 0.3) is 5.91 Å². The third-order valence-corrected chi connectivity index (χ3v) is 5.83. The van der Waals surface area contributed by atoms with Crippen molar-refractivity contribution in [2.75, 3.05) is 5.32 Å².